The lowest BCUT2D eigenvalue weighted by atomic mass is 10.2. The van der Waals surface area contributed by atoms with Crippen LogP contribution in [-0.2, 0) is 9.59 Å². The Morgan fingerprint density at radius 3 is 1.36 bits per heavy atom. The Balaban J connectivity index is -0.000000293. The monoisotopic (exact) mass is 364 g/mol. The molecule has 0 aromatic heterocycles. The summed E-state index contributed by atoms with van der Waals surface area (Å²) in [6, 6.07) is 0. The lowest BCUT2D eigenvalue weighted by molar-refractivity contribution is -0.138. The van der Waals surface area contributed by atoms with Crippen molar-refractivity contribution in [2.45, 2.75) is 104 Å². The normalized spacial score (nSPS) is 10.8. The van der Waals surface area contributed by atoms with Gasteiger partial charge in [0.25, 0.3) is 0 Å². The summed E-state index contributed by atoms with van der Waals surface area (Å²) in [6.45, 7) is 6.13. The molecule has 0 amide bonds. The fourth-order valence-corrected chi connectivity index (χ4v) is 1.79. The van der Waals surface area contributed by atoms with Crippen LogP contribution in [0.15, 0.2) is 0 Å². The minimum Gasteiger partial charge on any atom is -0.481 e. The highest BCUT2D eigenvalue weighted by atomic mass is 16.4. The smallest absolute Gasteiger partial charge is 0.303 e. The molecule has 25 heavy (non-hydrogen) atoms. The summed E-state index contributed by atoms with van der Waals surface area (Å²) in [5.74, 6) is -1.35. The first-order valence-electron chi connectivity index (χ1n) is 9.54. The van der Waals surface area contributed by atoms with Crippen LogP contribution in [0.25, 0.3) is 0 Å². The lowest BCUT2D eigenvalue weighted by Gasteiger charge is -1.98. The quantitative estimate of drug-likeness (QED) is 0.364. The maximum Gasteiger partial charge on any atom is 0.303 e. The number of aliphatic hydroxyl groups excluding tert-OH is 2. The number of aliphatic hydroxyl groups is 2. The molecule has 0 fully saturated rings. The van der Waals surface area contributed by atoms with Crippen LogP contribution >= 0.6 is 0 Å². The Kier molecular flexibility index (Phi) is 28.8. The molecule has 0 saturated carbocycles. The Morgan fingerprint density at radius 2 is 1.16 bits per heavy atom. The maximum atomic E-state index is 9.96. The Labute approximate surface area is 153 Å². The summed E-state index contributed by atoms with van der Waals surface area (Å²) in [5, 5.41) is 33.2. The van der Waals surface area contributed by atoms with Crippen molar-refractivity contribution in [1.82, 2.24) is 0 Å². The number of hydrogen-bond donors (Lipinski definition) is 4. The van der Waals surface area contributed by atoms with Crippen molar-refractivity contribution in [2.24, 2.45) is 0 Å². The van der Waals surface area contributed by atoms with Crippen LogP contribution in [0.4, 0.5) is 0 Å². The van der Waals surface area contributed by atoms with Gasteiger partial charge in [-0.05, 0) is 32.6 Å². The molecule has 4 N–H and O–H groups in total. The van der Waals surface area contributed by atoms with E-state index in [4.69, 9.17) is 20.4 Å². The van der Waals surface area contributed by atoms with E-state index < -0.39 is 11.9 Å². The number of carboxylic acid groups (broad SMARTS) is 2. The molecule has 0 radical (unpaired) electrons. The second-order valence-electron chi connectivity index (χ2n) is 6.12. The van der Waals surface area contributed by atoms with Gasteiger partial charge in [0.2, 0.25) is 0 Å². The third-order valence-electron chi connectivity index (χ3n) is 3.27. The van der Waals surface area contributed by atoms with Gasteiger partial charge in [-0.25, -0.2) is 0 Å². The van der Waals surface area contributed by atoms with E-state index in [0.29, 0.717) is 25.7 Å². The summed E-state index contributed by atoms with van der Waals surface area (Å²) in [4.78, 5) is 19.9. The van der Waals surface area contributed by atoms with Gasteiger partial charge in [0.05, 0.1) is 6.10 Å². The number of hydrogen-bond acceptors (Lipinski definition) is 4. The summed E-state index contributed by atoms with van der Waals surface area (Å²) >= 11 is 0. The van der Waals surface area contributed by atoms with E-state index in [1.807, 2.05) is 0 Å². The first kappa shape index (κ1) is 28.7. The van der Waals surface area contributed by atoms with Gasteiger partial charge in [-0.1, -0.05) is 52.4 Å². The zero-order valence-corrected chi connectivity index (χ0v) is 16.4. The highest BCUT2D eigenvalue weighted by Gasteiger charge is 1.94. The van der Waals surface area contributed by atoms with Crippen LogP contribution in [0.5, 0.6) is 0 Å². The van der Waals surface area contributed by atoms with Crippen molar-refractivity contribution in [2.75, 3.05) is 6.61 Å². The average molecular weight is 365 g/mol. The summed E-state index contributed by atoms with van der Waals surface area (Å²) in [5.41, 5.74) is 0. The molecular weight excluding hydrogens is 324 g/mol. The molecule has 1 atom stereocenters. The van der Waals surface area contributed by atoms with Crippen molar-refractivity contribution < 1.29 is 30.0 Å². The van der Waals surface area contributed by atoms with Crippen LogP contribution in [-0.4, -0.2) is 45.1 Å². The van der Waals surface area contributed by atoms with Crippen molar-refractivity contribution in [3.05, 3.63) is 0 Å². The molecular formula is C19H40O6. The van der Waals surface area contributed by atoms with E-state index >= 15 is 0 Å². The Morgan fingerprint density at radius 1 is 0.760 bits per heavy atom. The Hall–Kier alpha value is -1.14. The highest BCUT2D eigenvalue weighted by Crippen LogP contribution is 2.02. The van der Waals surface area contributed by atoms with Gasteiger partial charge in [-0.3, -0.25) is 9.59 Å². The van der Waals surface area contributed by atoms with Crippen LogP contribution in [0.2, 0.25) is 0 Å². The minimum absolute atomic E-state index is 0.185. The third kappa shape index (κ3) is 45.0. The summed E-state index contributed by atoms with van der Waals surface area (Å²) < 4.78 is 0. The van der Waals surface area contributed by atoms with Crippen LogP contribution < -0.4 is 0 Å². The largest absolute Gasteiger partial charge is 0.481 e. The van der Waals surface area contributed by atoms with E-state index in [-0.39, 0.29) is 12.7 Å². The van der Waals surface area contributed by atoms with Gasteiger partial charge < -0.3 is 20.4 Å². The van der Waals surface area contributed by atoms with E-state index in [9.17, 15) is 9.59 Å². The molecule has 6 nitrogen and oxygen atoms in total. The number of carbonyl (C=O) groups is 2. The average Bonchev–Trinajstić information content (AvgIpc) is 2.54. The van der Waals surface area contributed by atoms with Gasteiger partial charge >= 0.3 is 11.9 Å². The molecule has 6 heteroatoms. The van der Waals surface area contributed by atoms with E-state index in [1.165, 1.54) is 12.8 Å². The van der Waals surface area contributed by atoms with Gasteiger partial charge in [0, 0.05) is 19.4 Å². The molecule has 0 saturated heterocycles. The molecule has 0 aliphatic rings. The molecule has 0 aromatic carbocycles. The van der Waals surface area contributed by atoms with Crippen LogP contribution in [0.3, 0.4) is 0 Å². The number of aliphatic carboxylic acids is 2. The van der Waals surface area contributed by atoms with E-state index in [2.05, 4.69) is 13.8 Å². The first-order valence-corrected chi connectivity index (χ1v) is 9.54. The first-order chi connectivity index (χ1) is 11.8. The van der Waals surface area contributed by atoms with Crippen molar-refractivity contribution in [3.8, 4) is 0 Å². The zero-order chi connectivity index (χ0) is 19.9. The molecule has 0 aliphatic carbocycles. The number of carboxylic acids is 2. The molecule has 0 heterocycles. The molecule has 0 bridgehead atoms. The number of unbranched alkanes of at least 4 members (excludes halogenated alkanes) is 6. The lowest BCUT2D eigenvalue weighted by Crippen LogP contribution is -1.99. The molecule has 0 aromatic rings. The molecule has 0 spiro atoms. The molecule has 0 aliphatic heterocycles. The zero-order valence-electron chi connectivity index (χ0n) is 16.4. The van der Waals surface area contributed by atoms with Crippen LogP contribution in [0, 0.1) is 0 Å². The van der Waals surface area contributed by atoms with Crippen molar-refractivity contribution in [3.63, 3.8) is 0 Å². The molecule has 0 rings (SSSR count). The Bertz CT molecular complexity index is 257. The van der Waals surface area contributed by atoms with Crippen LogP contribution in [0.1, 0.15) is 97.8 Å². The van der Waals surface area contributed by atoms with Gasteiger partial charge in [0.15, 0.2) is 0 Å². The minimum atomic E-state index is -0.675. The predicted molar refractivity (Wildman–Crippen MR) is 101 cm³/mol. The second-order valence-corrected chi connectivity index (χ2v) is 6.12. The summed E-state index contributed by atoms with van der Waals surface area (Å²) in [6.07, 6.45) is 10.3. The fraction of sp³-hybridized carbons (Fsp3) is 0.895. The van der Waals surface area contributed by atoms with E-state index in [0.717, 1.165) is 38.5 Å². The predicted octanol–water partition coefficient (Wildman–Crippen LogP) is 4.22. The van der Waals surface area contributed by atoms with Gasteiger partial charge in [-0.15, -0.1) is 0 Å². The third-order valence-corrected chi connectivity index (χ3v) is 3.27. The fourth-order valence-electron chi connectivity index (χ4n) is 1.79. The van der Waals surface area contributed by atoms with Gasteiger partial charge in [0.1, 0.15) is 0 Å². The SMILES string of the molecule is CC(O)CCCO.CCCCCCC(=O)O.CCCCCCC(=O)O. The van der Waals surface area contributed by atoms with Gasteiger partial charge in [-0.2, -0.15) is 0 Å². The summed E-state index contributed by atoms with van der Waals surface area (Å²) in [7, 11) is 0. The topological polar surface area (TPSA) is 115 Å². The second kappa shape index (κ2) is 25.1. The number of rotatable bonds is 13. The molecule has 1 unspecified atom stereocenters. The van der Waals surface area contributed by atoms with Crippen molar-refractivity contribution >= 4 is 11.9 Å². The highest BCUT2D eigenvalue weighted by molar-refractivity contribution is 5.66. The maximum absolute atomic E-state index is 9.96. The van der Waals surface area contributed by atoms with E-state index in [1.54, 1.807) is 6.92 Å². The standard InChI is InChI=1S/2C7H14O2.C5H12O2/c2*1-2-3-4-5-6-7(8)9;1-5(7)3-2-4-6/h2*2-6H2,1H3,(H,8,9);5-7H,2-4H2,1H3. The van der Waals surface area contributed by atoms with Crippen molar-refractivity contribution in [1.29, 1.82) is 0 Å². The molecule has 152 valence electrons.